The van der Waals surface area contributed by atoms with Gasteiger partial charge < -0.3 is 9.47 Å². The van der Waals surface area contributed by atoms with Crippen molar-refractivity contribution in [2.24, 2.45) is 0 Å². The van der Waals surface area contributed by atoms with E-state index in [2.05, 4.69) is 6.92 Å². The van der Waals surface area contributed by atoms with Crippen LogP contribution >= 0.6 is 0 Å². The highest BCUT2D eigenvalue weighted by molar-refractivity contribution is 5.15. The molecule has 0 spiro atoms. The summed E-state index contributed by atoms with van der Waals surface area (Å²) in [7, 11) is 1.66. The zero-order chi connectivity index (χ0) is 9.52. The predicted molar refractivity (Wildman–Crippen MR) is 52.4 cm³/mol. The average molecular weight is 180 g/mol. The van der Waals surface area contributed by atoms with Crippen molar-refractivity contribution in [2.45, 2.75) is 19.6 Å². The third-order valence-corrected chi connectivity index (χ3v) is 1.76. The summed E-state index contributed by atoms with van der Waals surface area (Å²) < 4.78 is 10.7. The summed E-state index contributed by atoms with van der Waals surface area (Å²) >= 11 is 0. The van der Waals surface area contributed by atoms with Gasteiger partial charge in [-0.1, -0.05) is 37.3 Å². The van der Waals surface area contributed by atoms with Crippen LogP contribution in [0.4, 0.5) is 0 Å². The maximum atomic E-state index is 5.50. The minimum Gasteiger partial charge on any atom is -0.352 e. The van der Waals surface area contributed by atoms with E-state index in [0.29, 0.717) is 0 Å². The zero-order valence-corrected chi connectivity index (χ0v) is 8.19. The summed E-state index contributed by atoms with van der Waals surface area (Å²) in [6.45, 7) is 2.81. The molecule has 0 amide bonds. The highest BCUT2D eigenvalue weighted by atomic mass is 16.7. The van der Waals surface area contributed by atoms with Crippen molar-refractivity contribution in [3.05, 3.63) is 35.9 Å². The molecule has 0 saturated carbocycles. The Labute approximate surface area is 79.5 Å². The molecule has 1 aromatic rings. The molecule has 0 aromatic heterocycles. The van der Waals surface area contributed by atoms with Gasteiger partial charge in [-0.15, -0.1) is 0 Å². The Bertz CT molecular complexity index is 221. The molecular formula is C11H16O2. The van der Waals surface area contributed by atoms with Gasteiger partial charge in [0, 0.05) is 19.3 Å². The summed E-state index contributed by atoms with van der Waals surface area (Å²) in [5.41, 5.74) is 1.07. The normalized spacial score (nSPS) is 12.8. The van der Waals surface area contributed by atoms with Crippen LogP contribution < -0.4 is 0 Å². The molecule has 2 nitrogen and oxygen atoms in total. The van der Waals surface area contributed by atoms with Gasteiger partial charge in [0.1, 0.15) is 0 Å². The lowest BCUT2D eigenvalue weighted by Gasteiger charge is -2.15. The van der Waals surface area contributed by atoms with Gasteiger partial charge in [0.05, 0.1) is 0 Å². The van der Waals surface area contributed by atoms with Crippen molar-refractivity contribution >= 4 is 0 Å². The molecule has 0 heterocycles. The van der Waals surface area contributed by atoms with E-state index >= 15 is 0 Å². The van der Waals surface area contributed by atoms with Crippen molar-refractivity contribution in [1.82, 2.24) is 0 Å². The van der Waals surface area contributed by atoms with E-state index in [1.807, 2.05) is 30.3 Å². The first-order valence-electron chi connectivity index (χ1n) is 4.57. The Morgan fingerprint density at radius 2 is 1.92 bits per heavy atom. The molecule has 1 unspecified atom stereocenters. The second kappa shape index (κ2) is 5.73. The summed E-state index contributed by atoms with van der Waals surface area (Å²) in [4.78, 5) is 0. The van der Waals surface area contributed by atoms with Crippen molar-refractivity contribution in [3.63, 3.8) is 0 Å². The molecule has 0 aliphatic rings. The van der Waals surface area contributed by atoms with Crippen molar-refractivity contribution in [3.8, 4) is 0 Å². The summed E-state index contributed by atoms with van der Waals surface area (Å²) in [6, 6.07) is 9.96. The van der Waals surface area contributed by atoms with Gasteiger partial charge in [-0.2, -0.15) is 0 Å². The van der Waals surface area contributed by atoms with Gasteiger partial charge in [0.2, 0.25) is 0 Å². The lowest BCUT2D eigenvalue weighted by Crippen LogP contribution is -2.06. The Balaban J connectivity index is 2.56. The lowest BCUT2D eigenvalue weighted by molar-refractivity contribution is -0.127. The van der Waals surface area contributed by atoms with E-state index in [1.165, 1.54) is 0 Å². The predicted octanol–water partition coefficient (Wildman–Crippen LogP) is 2.76. The second-order valence-electron chi connectivity index (χ2n) is 2.85. The summed E-state index contributed by atoms with van der Waals surface area (Å²) in [5, 5.41) is 0. The number of methoxy groups -OCH3 is 1. The molecular weight excluding hydrogens is 164 g/mol. The van der Waals surface area contributed by atoms with Gasteiger partial charge in [0.25, 0.3) is 0 Å². The zero-order valence-electron chi connectivity index (χ0n) is 8.19. The molecule has 0 aliphatic carbocycles. The largest absolute Gasteiger partial charge is 0.352 e. The van der Waals surface area contributed by atoms with E-state index in [4.69, 9.17) is 9.47 Å². The van der Waals surface area contributed by atoms with Crippen molar-refractivity contribution in [2.75, 3.05) is 13.7 Å². The topological polar surface area (TPSA) is 18.5 Å². The van der Waals surface area contributed by atoms with E-state index < -0.39 is 0 Å². The van der Waals surface area contributed by atoms with E-state index in [1.54, 1.807) is 7.11 Å². The third kappa shape index (κ3) is 3.17. The van der Waals surface area contributed by atoms with E-state index in [0.717, 1.165) is 18.6 Å². The highest BCUT2D eigenvalue weighted by Gasteiger charge is 2.08. The average Bonchev–Trinajstić information content (AvgIpc) is 2.21. The summed E-state index contributed by atoms with van der Waals surface area (Å²) in [5.74, 6) is 0. The smallest absolute Gasteiger partial charge is 0.183 e. The lowest BCUT2D eigenvalue weighted by atomic mass is 10.2. The molecule has 1 atom stereocenters. The van der Waals surface area contributed by atoms with E-state index in [-0.39, 0.29) is 6.29 Å². The van der Waals surface area contributed by atoms with Crippen LogP contribution in [0.25, 0.3) is 0 Å². The molecule has 2 heteroatoms. The molecule has 1 rings (SSSR count). The maximum Gasteiger partial charge on any atom is 0.183 e. The van der Waals surface area contributed by atoms with Crippen LogP contribution in [-0.2, 0) is 9.47 Å². The molecule has 0 bridgehead atoms. The molecule has 13 heavy (non-hydrogen) atoms. The van der Waals surface area contributed by atoms with Gasteiger partial charge in [-0.25, -0.2) is 0 Å². The second-order valence-corrected chi connectivity index (χ2v) is 2.85. The first kappa shape index (κ1) is 10.2. The number of ether oxygens (including phenoxy) is 2. The van der Waals surface area contributed by atoms with Crippen molar-refractivity contribution in [1.29, 1.82) is 0 Å². The fraction of sp³-hybridized carbons (Fsp3) is 0.455. The van der Waals surface area contributed by atoms with Crippen LogP contribution in [0.3, 0.4) is 0 Å². The van der Waals surface area contributed by atoms with Crippen LogP contribution in [0.15, 0.2) is 30.3 Å². The Kier molecular flexibility index (Phi) is 4.50. The van der Waals surface area contributed by atoms with E-state index in [9.17, 15) is 0 Å². The van der Waals surface area contributed by atoms with Crippen LogP contribution in [0.2, 0.25) is 0 Å². The van der Waals surface area contributed by atoms with Crippen LogP contribution in [0.5, 0.6) is 0 Å². The quantitative estimate of drug-likeness (QED) is 0.649. The Morgan fingerprint density at radius 1 is 1.23 bits per heavy atom. The minimum atomic E-state index is -0.221. The maximum absolute atomic E-state index is 5.50. The monoisotopic (exact) mass is 180 g/mol. The molecule has 0 aliphatic heterocycles. The molecule has 1 aromatic carbocycles. The van der Waals surface area contributed by atoms with Gasteiger partial charge in [-0.05, 0) is 6.42 Å². The number of benzene rings is 1. The fourth-order valence-electron chi connectivity index (χ4n) is 1.14. The van der Waals surface area contributed by atoms with Gasteiger partial charge in [-0.3, -0.25) is 0 Å². The number of rotatable bonds is 5. The Morgan fingerprint density at radius 3 is 2.46 bits per heavy atom. The SMILES string of the molecule is CCCOC(OC)c1ccccc1. The third-order valence-electron chi connectivity index (χ3n) is 1.76. The van der Waals surface area contributed by atoms with Crippen LogP contribution in [-0.4, -0.2) is 13.7 Å². The standard InChI is InChI=1S/C11H16O2/c1-3-9-13-11(12-2)10-7-5-4-6-8-10/h4-8,11H,3,9H2,1-2H3. The molecule has 0 N–H and O–H groups in total. The first-order valence-corrected chi connectivity index (χ1v) is 4.57. The molecule has 72 valence electrons. The van der Waals surface area contributed by atoms with Crippen LogP contribution in [0.1, 0.15) is 25.2 Å². The number of hydrogen-bond acceptors (Lipinski definition) is 2. The van der Waals surface area contributed by atoms with Gasteiger partial charge >= 0.3 is 0 Å². The Hall–Kier alpha value is -0.860. The number of hydrogen-bond donors (Lipinski definition) is 0. The van der Waals surface area contributed by atoms with Crippen LogP contribution in [0, 0.1) is 0 Å². The minimum absolute atomic E-state index is 0.221. The van der Waals surface area contributed by atoms with Gasteiger partial charge in [0.15, 0.2) is 6.29 Å². The first-order chi connectivity index (χ1) is 6.38. The summed E-state index contributed by atoms with van der Waals surface area (Å²) in [6.07, 6.45) is 0.785. The highest BCUT2D eigenvalue weighted by Crippen LogP contribution is 2.17. The van der Waals surface area contributed by atoms with Crippen molar-refractivity contribution < 1.29 is 9.47 Å². The molecule has 0 saturated heterocycles. The fourth-order valence-corrected chi connectivity index (χ4v) is 1.14. The molecule has 0 fully saturated rings. The molecule has 0 radical (unpaired) electrons.